The van der Waals surface area contributed by atoms with Gasteiger partial charge in [-0.05, 0) is 40.1 Å². The van der Waals surface area contributed by atoms with Crippen molar-refractivity contribution in [3.8, 4) is 0 Å². The highest BCUT2D eigenvalue weighted by molar-refractivity contribution is 14.1. The number of oxazole rings is 1. The smallest absolute Gasteiger partial charge is 0.182 e. The molecule has 1 heterocycles. The van der Waals surface area contributed by atoms with Crippen molar-refractivity contribution in [1.29, 1.82) is 0 Å². The van der Waals surface area contributed by atoms with E-state index < -0.39 is 0 Å². The Morgan fingerprint density at radius 1 is 1.38 bits per heavy atom. The van der Waals surface area contributed by atoms with E-state index in [0.717, 1.165) is 14.7 Å². The van der Waals surface area contributed by atoms with Crippen LogP contribution in [0.3, 0.4) is 0 Å². The van der Waals surface area contributed by atoms with Gasteiger partial charge in [-0.15, -0.1) is 0 Å². The third kappa shape index (κ3) is 1.45. The molecule has 13 heavy (non-hydrogen) atoms. The van der Waals surface area contributed by atoms with Crippen molar-refractivity contribution in [2.24, 2.45) is 0 Å². The number of aromatic nitrogens is 1. The molecule has 0 bridgehead atoms. The second-order valence-corrected chi connectivity index (χ2v) is 4.48. The van der Waals surface area contributed by atoms with Gasteiger partial charge in [-0.2, -0.15) is 0 Å². The molecule has 2 aromatic rings. The summed E-state index contributed by atoms with van der Waals surface area (Å²) in [5, 5.41) is 0. The summed E-state index contributed by atoms with van der Waals surface area (Å²) in [6.45, 7) is 4.33. The van der Waals surface area contributed by atoms with Crippen LogP contribution in [0.4, 0.5) is 0 Å². The molecule has 0 spiro atoms. The predicted molar refractivity (Wildman–Crippen MR) is 60.8 cm³/mol. The molecule has 0 aliphatic heterocycles. The first-order valence-electron chi connectivity index (χ1n) is 4.21. The van der Waals surface area contributed by atoms with Crippen molar-refractivity contribution in [1.82, 2.24) is 4.98 Å². The average Bonchev–Trinajstić information content (AvgIpc) is 2.53. The van der Waals surface area contributed by atoms with Gasteiger partial charge in [-0.1, -0.05) is 19.9 Å². The predicted octanol–water partition coefficient (Wildman–Crippen LogP) is 3.56. The van der Waals surface area contributed by atoms with Gasteiger partial charge in [0.1, 0.15) is 5.52 Å². The molecule has 0 fully saturated rings. The maximum absolute atomic E-state index is 5.32. The number of rotatable bonds is 1. The second kappa shape index (κ2) is 3.29. The average molecular weight is 287 g/mol. The maximum Gasteiger partial charge on any atom is 0.182 e. The van der Waals surface area contributed by atoms with E-state index in [9.17, 15) is 0 Å². The number of halogens is 1. The third-order valence-electron chi connectivity index (χ3n) is 2.09. The molecule has 0 aliphatic carbocycles. The maximum atomic E-state index is 5.32. The van der Waals surface area contributed by atoms with E-state index in [1.165, 1.54) is 12.0 Å². The summed E-state index contributed by atoms with van der Waals surface area (Å²) < 4.78 is 6.44. The monoisotopic (exact) mass is 287 g/mol. The fourth-order valence-electron chi connectivity index (χ4n) is 1.40. The van der Waals surface area contributed by atoms with Gasteiger partial charge in [0.15, 0.2) is 12.0 Å². The van der Waals surface area contributed by atoms with Crippen LogP contribution in [0.5, 0.6) is 0 Å². The van der Waals surface area contributed by atoms with Crippen molar-refractivity contribution in [3.63, 3.8) is 0 Å². The van der Waals surface area contributed by atoms with E-state index in [1.54, 1.807) is 0 Å². The van der Waals surface area contributed by atoms with Crippen LogP contribution in [-0.2, 0) is 0 Å². The number of fused-ring (bicyclic) bond motifs is 1. The Morgan fingerprint density at radius 3 is 2.85 bits per heavy atom. The first-order valence-corrected chi connectivity index (χ1v) is 5.29. The molecular weight excluding hydrogens is 277 g/mol. The van der Waals surface area contributed by atoms with Gasteiger partial charge >= 0.3 is 0 Å². The van der Waals surface area contributed by atoms with Crippen molar-refractivity contribution in [2.45, 2.75) is 19.8 Å². The summed E-state index contributed by atoms with van der Waals surface area (Å²) >= 11 is 2.26. The van der Waals surface area contributed by atoms with E-state index in [-0.39, 0.29) is 0 Å². The molecule has 0 saturated carbocycles. The summed E-state index contributed by atoms with van der Waals surface area (Å²) in [5.41, 5.74) is 3.16. The highest BCUT2D eigenvalue weighted by Gasteiger charge is 2.10. The van der Waals surface area contributed by atoms with Crippen LogP contribution in [0, 0.1) is 3.57 Å². The first-order chi connectivity index (χ1) is 6.20. The topological polar surface area (TPSA) is 26.0 Å². The minimum absolute atomic E-state index is 0.490. The summed E-state index contributed by atoms with van der Waals surface area (Å²) in [6, 6.07) is 4.20. The van der Waals surface area contributed by atoms with Gasteiger partial charge in [0.25, 0.3) is 0 Å². The molecule has 0 amide bonds. The zero-order valence-electron chi connectivity index (χ0n) is 7.54. The van der Waals surface area contributed by atoms with Crippen LogP contribution in [0.15, 0.2) is 22.9 Å². The Balaban J connectivity index is 2.78. The van der Waals surface area contributed by atoms with Gasteiger partial charge < -0.3 is 4.42 Å². The number of hydrogen-bond donors (Lipinski definition) is 0. The zero-order valence-corrected chi connectivity index (χ0v) is 9.70. The lowest BCUT2D eigenvalue weighted by atomic mass is 10.0. The van der Waals surface area contributed by atoms with Crippen LogP contribution >= 0.6 is 22.6 Å². The Hall–Kier alpha value is -0.580. The standard InChI is InChI=1S/C10H10INO/c1-6(2)7-3-4-8(11)10-9(7)12-5-13-10/h3-6H,1-2H3. The highest BCUT2D eigenvalue weighted by Crippen LogP contribution is 2.27. The van der Waals surface area contributed by atoms with E-state index in [1.807, 2.05) is 0 Å². The fraction of sp³-hybridized carbons (Fsp3) is 0.300. The summed E-state index contributed by atoms with van der Waals surface area (Å²) in [4.78, 5) is 4.23. The number of benzene rings is 1. The Morgan fingerprint density at radius 2 is 2.15 bits per heavy atom. The van der Waals surface area contributed by atoms with Crippen LogP contribution < -0.4 is 0 Å². The van der Waals surface area contributed by atoms with Crippen molar-refractivity contribution in [3.05, 3.63) is 27.7 Å². The van der Waals surface area contributed by atoms with E-state index >= 15 is 0 Å². The number of hydrogen-bond acceptors (Lipinski definition) is 2. The molecule has 1 aromatic carbocycles. The molecular formula is C10H10INO. The van der Waals surface area contributed by atoms with Gasteiger partial charge in [0, 0.05) is 0 Å². The van der Waals surface area contributed by atoms with Gasteiger partial charge in [0.05, 0.1) is 3.57 Å². The van der Waals surface area contributed by atoms with Gasteiger partial charge in [-0.3, -0.25) is 0 Å². The molecule has 0 N–H and O–H groups in total. The molecule has 0 atom stereocenters. The second-order valence-electron chi connectivity index (χ2n) is 3.32. The molecule has 1 aromatic heterocycles. The quantitative estimate of drug-likeness (QED) is 0.750. The normalized spacial score (nSPS) is 11.4. The zero-order chi connectivity index (χ0) is 9.42. The molecule has 0 saturated heterocycles. The van der Waals surface area contributed by atoms with Crippen LogP contribution in [0.2, 0.25) is 0 Å². The largest absolute Gasteiger partial charge is 0.442 e. The fourth-order valence-corrected chi connectivity index (χ4v) is 1.97. The Bertz CT molecular complexity index is 433. The molecule has 3 heteroatoms. The molecule has 2 rings (SSSR count). The lowest BCUT2D eigenvalue weighted by Gasteiger charge is -2.05. The summed E-state index contributed by atoms with van der Waals surface area (Å²) in [6.07, 6.45) is 1.51. The lowest BCUT2D eigenvalue weighted by Crippen LogP contribution is -1.89. The highest BCUT2D eigenvalue weighted by atomic mass is 127. The Kier molecular flexibility index (Phi) is 2.27. The molecule has 0 unspecified atom stereocenters. The molecule has 2 nitrogen and oxygen atoms in total. The third-order valence-corrected chi connectivity index (χ3v) is 2.94. The van der Waals surface area contributed by atoms with E-state index in [0.29, 0.717) is 5.92 Å². The van der Waals surface area contributed by atoms with Crippen molar-refractivity contribution >= 4 is 33.7 Å². The van der Waals surface area contributed by atoms with Gasteiger partial charge in [0.2, 0.25) is 0 Å². The number of nitrogens with zero attached hydrogens (tertiary/aromatic N) is 1. The minimum atomic E-state index is 0.490. The lowest BCUT2D eigenvalue weighted by molar-refractivity contribution is 0.600. The van der Waals surface area contributed by atoms with Gasteiger partial charge in [-0.25, -0.2) is 4.98 Å². The summed E-state index contributed by atoms with van der Waals surface area (Å²) in [7, 11) is 0. The van der Waals surface area contributed by atoms with Crippen molar-refractivity contribution < 1.29 is 4.42 Å². The van der Waals surface area contributed by atoms with Crippen LogP contribution in [-0.4, -0.2) is 4.98 Å². The van der Waals surface area contributed by atoms with Crippen LogP contribution in [0.1, 0.15) is 25.3 Å². The van der Waals surface area contributed by atoms with E-state index in [2.05, 4.69) is 53.6 Å². The Labute approximate surface area is 90.5 Å². The molecule has 0 radical (unpaired) electrons. The van der Waals surface area contributed by atoms with E-state index in [4.69, 9.17) is 4.42 Å². The molecule has 68 valence electrons. The molecule has 0 aliphatic rings. The minimum Gasteiger partial charge on any atom is -0.442 e. The SMILES string of the molecule is CC(C)c1ccc(I)c2ocnc12. The summed E-state index contributed by atoms with van der Waals surface area (Å²) in [5.74, 6) is 0.490. The van der Waals surface area contributed by atoms with Crippen LogP contribution in [0.25, 0.3) is 11.1 Å². The first kappa shape index (κ1) is 8.99. The van der Waals surface area contributed by atoms with Crippen molar-refractivity contribution in [2.75, 3.05) is 0 Å².